The molecule has 1 saturated heterocycles. The van der Waals surface area contributed by atoms with Gasteiger partial charge in [0.2, 0.25) is 5.91 Å². The van der Waals surface area contributed by atoms with Crippen LogP contribution in [-0.2, 0) is 11.2 Å². The molecule has 2 N–H and O–H groups in total. The van der Waals surface area contributed by atoms with Gasteiger partial charge in [0.25, 0.3) is 0 Å². The van der Waals surface area contributed by atoms with E-state index in [0.717, 1.165) is 43.6 Å². The van der Waals surface area contributed by atoms with Gasteiger partial charge >= 0.3 is 0 Å². The Morgan fingerprint density at radius 1 is 1.09 bits per heavy atom. The van der Waals surface area contributed by atoms with Crippen molar-refractivity contribution in [3.05, 3.63) is 65.7 Å². The summed E-state index contributed by atoms with van der Waals surface area (Å²) in [4.78, 5) is 12.4. The molecule has 1 fully saturated rings. The standard InChI is InChI=1S/C19H22N2O/c22-19(17-10-6-12-20-14-17)21-18-11-5-4-9-16(18)13-15-7-2-1-3-8-15/h1-5,7-9,11,17,20H,6,10,12-14H2,(H,21,22)/t17-/m1/s1. The van der Waals surface area contributed by atoms with Gasteiger partial charge in [-0.25, -0.2) is 0 Å². The molecule has 0 saturated carbocycles. The molecule has 1 aliphatic rings. The number of nitrogens with one attached hydrogen (secondary N) is 2. The van der Waals surface area contributed by atoms with Crippen molar-refractivity contribution < 1.29 is 4.79 Å². The van der Waals surface area contributed by atoms with Gasteiger partial charge in [-0.05, 0) is 43.0 Å². The van der Waals surface area contributed by atoms with Gasteiger partial charge in [0.15, 0.2) is 0 Å². The molecule has 1 amide bonds. The molecule has 2 aromatic carbocycles. The lowest BCUT2D eigenvalue weighted by molar-refractivity contribution is -0.120. The number of rotatable bonds is 4. The van der Waals surface area contributed by atoms with E-state index in [1.807, 2.05) is 36.4 Å². The number of hydrogen-bond acceptors (Lipinski definition) is 2. The molecule has 0 aromatic heterocycles. The number of amides is 1. The average molecular weight is 294 g/mol. The molecule has 3 heteroatoms. The SMILES string of the molecule is O=C(Nc1ccccc1Cc1ccccc1)[C@@H]1CCCNC1. The Bertz CT molecular complexity index is 618. The summed E-state index contributed by atoms with van der Waals surface area (Å²) < 4.78 is 0. The third-order valence-electron chi connectivity index (χ3n) is 4.18. The number of benzene rings is 2. The van der Waals surface area contributed by atoms with Gasteiger partial charge in [0.1, 0.15) is 0 Å². The number of piperidine rings is 1. The Labute approximate surface area is 131 Å². The van der Waals surface area contributed by atoms with Crippen molar-refractivity contribution >= 4 is 11.6 Å². The molecule has 1 aliphatic heterocycles. The van der Waals surface area contributed by atoms with Crippen LogP contribution in [0.4, 0.5) is 5.69 Å². The summed E-state index contributed by atoms with van der Waals surface area (Å²) in [7, 11) is 0. The van der Waals surface area contributed by atoms with Gasteiger partial charge in [-0.1, -0.05) is 48.5 Å². The van der Waals surface area contributed by atoms with E-state index in [1.54, 1.807) is 0 Å². The van der Waals surface area contributed by atoms with Crippen LogP contribution in [0.2, 0.25) is 0 Å². The molecule has 0 unspecified atom stereocenters. The van der Waals surface area contributed by atoms with E-state index >= 15 is 0 Å². The van der Waals surface area contributed by atoms with E-state index in [-0.39, 0.29) is 11.8 Å². The zero-order valence-corrected chi connectivity index (χ0v) is 12.7. The Morgan fingerprint density at radius 3 is 2.64 bits per heavy atom. The van der Waals surface area contributed by atoms with Crippen LogP contribution in [0.1, 0.15) is 24.0 Å². The topological polar surface area (TPSA) is 41.1 Å². The van der Waals surface area contributed by atoms with Crippen molar-refractivity contribution in [2.75, 3.05) is 18.4 Å². The first-order valence-corrected chi connectivity index (χ1v) is 7.96. The zero-order valence-electron chi connectivity index (χ0n) is 12.7. The predicted octanol–water partition coefficient (Wildman–Crippen LogP) is 3.22. The number of carbonyl (C=O) groups is 1. The highest BCUT2D eigenvalue weighted by Crippen LogP contribution is 2.21. The summed E-state index contributed by atoms with van der Waals surface area (Å²) in [5.41, 5.74) is 3.34. The lowest BCUT2D eigenvalue weighted by Gasteiger charge is -2.22. The van der Waals surface area contributed by atoms with Gasteiger partial charge in [-0.15, -0.1) is 0 Å². The molecule has 3 nitrogen and oxygen atoms in total. The monoisotopic (exact) mass is 294 g/mol. The predicted molar refractivity (Wildman–Crippen MR) is 89.9 cm³/mol. The van der Waals surface area contributed by atoms with Crippen LogP contribution < -0.4 is 10.6 Å². The molecule has 22 heavy (non-hydrogen) atoms. The Morgan fingerprint density at radius 2 is 1.86 bits per heavy atom. The highest BCUT2D eigenvalue weighted by molar-refractivity contribution is 5.93. The fourth-order valence-corrected chi connectivity index (χ4v) is 2.92. The van der Waals surface area contributed by atoms with Crippen molar-refractivity contribution in [2.24, 2.45) is 5.92 Å². The first-order valence-electron chi connectivity index (χ1n) is 7.96. The quantitative estimate of drug-likeness (QED) is 0.909. The summed E-state index contributed by atoms with van der Waals surface area (Å²) in [5, 5.41) is 6.42. The van der Waals surface area contributed by atoms with Gasteiger partial charge < -0.3 is 10.6 Å². The van der Waals surface area contributed by atoms with E-state index in [0.29, 0.717) is 0 Å². The number of hydrogen-bond donors (Lipinski definition) is 2. The van der Waals surface area contributed by atoms with E-state index in [4.69, 9.17) is 0 Å². The Kier molecular flexibility index (Phi) is 4.86. The summed E-state index contributed by atoms with van der Waals surface area (Å²) >= 11 is 0. The minimum atomic E-state index is 0.0820. The normalized spacial score (nSPS) is 17.9. The second-order valence-electron chi connectivity index (χ2n) is 5.85. The van der Waals surface area contributed by atoms with Gasteiger partial charge in [-0.3, -0.25) is 4.79 Å². The maximum atomic E-state index is 12.4. The van der Waals surface area contributed by atoms with Crippen molar-refractivity contribution in [1.82, 2.24) is 5.32 Å². The molecule has 1 atom stereocenters. The van der Waals surface area contributed by atoms with Crippen LogP contribution in [0.15, 0.2) is 54.6 Å². The van der Waals surface area contributed by atoms with Gasteiger partial charge in [0, 0.05) is 12.2 Å². The molecule has 1 heterocycles. The summed E-state index contributed by atoms with van der Waals surface area (Å²) in [5.74, 6) is 0.214. The molecular weight excluding hydrogens is 272 g/mol. The lowest BCUT2D eigenvalue weighted by Crippen LogP contribution is -2.37. The minimum absolute atomic E-state index is 0.0820. The van der Waals surface area contributed by atoms with E-state index < -0.39 is 0 Å². The fourth-order valence-electron chi connectivity index (χ4n) is 2.92. The van der Waals surface area contributed by atoms with Crippen molar-refractivity contribution in [3.63, 3.8) is 0 Å². The van der Waals surface area contributed by atoms with E-state index in [1.165, 1.54) is 5.56 Å². The first kappa shape index (κ1) is 14.8. The third kappa shape index (κ3) is 3.74. The molecular formula is C19H22N2O. The molecule has 0 bridgehead atoms. The van der Waals surface area contributed by atoms with Crippen LogP contribution in [0.3, 0.4) is 0 Å². The number of para-hydroxylation sites is 1. The van der Waals surface area contributed by atoms with Crippen LogP contribution in [-0.4, -0.2) is 19.0 Å². The zero-order chi connectivity index (χ0) is 15.2. The van der Waals surface area contributed by atoms with Crippen molar-refractivity contribution in [2.45, 2.75) is 19.3 Å². The van der Waals surface area contributed by atoms with Crippen molar-refractivity contribution in [3.8, 4) is 0 Å². The van der Waals surface area contributed by atoms with Crippen LogP contribution >= 0.6 is 0 Å². The average Bonchev–Trinajstić information content (AvgIpc) is 2.58. The smallest absolute Gasteiger partial charge is 0.228 e. The minimum Gasteiger partial charge on any atom is -0.326 e. The Balaban J connectivity index is 1.72. The molecule has 2 aromatic rings. The van der Waals surface area contributed by atoms with Crippen LogP contribution in [0, 0.1) is 5.92 Å². The number of carbonyl (C=O) groups excluding carboxylic acids is 1. The fraction of sp³-hybridized carbons (Fsp3) is 0.316. The summed E-state index contributed by atoms with van der Waals surface area (Å²) in [6, 6.07) is 18.4. The summed E-state index contributed by atoms with van der Waals surface area (Å²) in [6.45, 7) is 1.81. The van der Waals surface area contributed by atoms with E-state index in [2.05, 4.69) is 28.8 Å². The maximum Gasteiger partial charge on any atom is 0.228 e. The third-order valence-corrected chi connectivity index (χ3v) is 4.18. The Hall–Kier alpha value is -2.13. The van der Waals surface area contributed by atoms with Gasteiger partial charge in [-0.2, -0.15) is 0 Å². The molecule has 0 spiro atoms. The lowest BCUT2D eigenvalue weighted by atomic mass is 9.98. The highest BCUT2D eigenvalue weighted by Gasteiger charge is 2.21. The number of anilines is 1. The molecule has 0 aliphatic carbocycles. The van der Waals surface area contributed by atoms with E-state index in [9.17, 15) is 4.79 Å². The molecule has 114 valence electrons. The molecule has 0 radical (unpaired) electrons. The summed E-state index contributed by atoms with van der Waals surface area (Å²) in [6.07, 6.45) is 2.88. The largest absolute Gasteiger partial charge is 0.326 e. The molecule has 3 rings (SSSR count). The highest BCUT2D eigenvalue weighted by atomic mass is 16.1. The van der Waals surface area contributed by atoms with Gasteiger partial charge in [0.05, 0.1) is 5.92 Å². The second kappa shape index (κ2) is 7.23. The first-order chi connectivity index (χ1) is 10.8. The maximum absolute atomic E-state index is 12.4. The van der Waals surface area contributed by atoms with Crippen LogP contribution in [0.5, 0.6) is 0 Å². The second-order valence-corrected chi connectivity index (χ2v) is 5.85. The van der Waals surface area contributed by atoms with Crippen molar-refractivity contribution in [1.29, 1.82) is 0 Å². The van der Waals surface area contributed by atoms with Crippen LogP contribution in [0.25, 0.3) is 0 Å².